The molecular formula is C19H28N2O. The first-order chi connectivity index (χ1) is 10.7. The first-order valence-corrected chi connectivity index (χ1v) is 8.79. The first-order valence-electron chi connectivity index (χ1n) is 8.79. The number of carbonyl (C=O) groups excluding carboxylic acids is 1. The third kappa shape index (κ3) is 4.33. The second kappa shape index (κ2) is 7.28. The number of likely N-dealkylation sites (tertiary alicyclic amines) is 1. The molecule has 3 nitrogen and oxygen atoms in total. The van der Waals surface area contributed by atoms with E-state index in [4.69, 9.17) is 0 Å². The lowest BCUT2D eigenvalue weighted by atomic mass is 9.89. The van der Waals surface area contributed by atoms with Crippen LogP contribution in [-0.4, -0.2) is 29.9 Å². The largest absolute Gasteiger partial charge is 0.341 e. The van der Waals surface area contributed by atoms with Crippen molar-refractivity contribution in [1.29, 1.82) is 0 Å². The maximum atomic E-state index is 12.1. The van der Waals surface area contributed by atoms with Crippen LogP contribution in [0.4, 0.5) is 0 Å². The number of carbonyl (C=O) groups is 1. The van der Waals surface area contributed by atoms with Crippen LogP contribution in [0.2, 0.25) is 0 Å². The quantitative estimate of drug-likeness (QED) is 0.875. The molecule has 3 rings (SSSR count). The number of amides is 1. The first kappa shape index (κ1) is 15.5. The molecule has 1 saturated carbocycles. The fraction of sp³-hybridized carbons (Fsp3) is 0.632. The fourth-order valence-corrected chi connectivity index (χ4v) is 3.63. The van der Waals surface area contributed by atoms with E-state index in [1.165, 1.54) is 31.2 Å². The Hall–Kier alpha value is -1.35. The molecule has 120 valence electrons. The summed E-state index contributed by atoms with van der Waals surface area (Å²) in [7, 11) is 0. The van der Waals surface area contributed by atoms with Gasteiger partial charge in [-0.25, -0.2) is 0 Å². The summed E-state index contributed by atoms with van der Waals surface area (Å²) >= 11 is 0. The zero-order chi connectivity index (χ0) is 15.4. The standard InChI is InChI=1S/C19H28N2O/c1-2-19(22)21-13-17(10-15-8-9-15)11-18(14-21)20-12-16-6-4-3-5-7-16/h3-7,15,17-18,20H,2,8-14H2,1H3. The van der Waals surface area contributed by atoms with E-state index < -0.39 is 0 Å². The van der Waals surface area contributed by atoms with E-state index in [1.54, 1.807) is 0 Å². The van der Waals surface area contributed by atoms with Gasteiger partial charge < -0.3 is 10.2 Å². The third-order valence-electron chi connectivity index (χ3n) is 4.99. The Bertz CT molecular complexity index is 483. The Morgan fingerprint density at radius 2 is 1.95 bits per heavy atom. The highest BCUT2D eigenvalue weighted by Crippen LogP contribution is 2.37. The monoisotopic (exact) mass is 300 g/mol. The molecule has 2 fully saturated rings. The van der Waals surface area contributed by atoms with Crippen molar-refractivity contribution in [1.82, 2.24) is 10.2 Å². The Labute approximate surface area is 134 Å². The number of piperidine rings is 1. The van der Waals surface area contributed by atoms with Gasteiger partial charge in [0.25, 0.3) is 0 Å². The molecule has 2 aliphatic rings. The predicted molar refractivity (Wildman–Crippen MR) is 89.4 cm³/mol. The van der Waals surface area contributed by atoms with Crippen LogP contribution in [0.3, 0.4) is 0 Å². The molecule has 0 spiro atoms. The van der Waals surface area contributed by atoms with Crippen molar-refractivity contribution in [3.63, 3.8) is 0 Å². The molecule has 3 heteroatoms. The summed E-state index contributed by atoms with van der Waals surface area (Å²) < 4.78 is 0. The second-order valence-electron chi connectivity index (χ2n) is 7.00. The van der Waals surface area contributed by atoms with Crippen LogP contribution in [0.25, 0.3) is 0 Å². The van der Waals surface area contributed by atoms with Gasteiger partial charge in [-0.2, -0.15) is 0 Å². The van der Waals surface area contributed by atoms with E-state index in [-0.39, 0.29) is 0 Å². The van der Waals surface area contributed by atoms with Crippen molar-refractivity contribution in [2.45, 2.75) is 51.6 Å². The van der Waals surface area contributed by atoms with Crippen molar-refractivity contribution >= 4 is 5.91 Å². The number of hydrogen-bond donors (Lipinski definition) is 1. The molecule has 2 unspecified atom stereocenters. The smallest absolute Gasteiger partial charge is 0.222 e. The highest BCUT2D eigenvalue weighted by molar-refractivity contribution is 5.76. The molecule has 0 aromatic heterocycles. The Kier molecular flexibility index (Phi) is 5.14. The maximum Gasteiger partial charge on any atom is 0.222 e. The Balaban J connectivity index is 1.57. The summed E-state index contributed by atoms with van der Waals surface area (Å²) in [6, 6.07) is 11.0. The Morgan fingerprint density at radius 1 is 1.18 bits per heavy atom. The van der Waals surface area contributed by atoms with Crippen LogP contribution in [0.15, 0.2) is 30.3 Å². The minimum atomic E-state index is 0.312. The van der Waals surface area contributed by atoms with Gasteiger partial charge in [0, 0.05) is 32.1 Å². The molecule has 22 heavy (non-hydrogen) atoms. The van der Waals surface area contributed by atoms with Crippen LogP contribution in [0.5, 0.6) is 0 Å². The van der Waals surface area contributed by atoms with Gasteiger partial charge in [0.15, 0.2) is 0 Å². The topological polar surface area (TPSA) is 32.3 Å². The lowest BCUT2D eigenvalue weighted by Gasteiger charge is -2.38. The normalized spacial score (nSPS) is 25.2. The number of nitrogens with one attached hydrogen (secondary N) is 1. The average molecular weight is 300 g/mol. The molecule has 1 N–H and O–H groups in total. The van der Waals surface area contributed by atoms with E-state index in [0.717, 1.165) is 25.6 Å². The van der Waals surface area contributed by atoms with Crippen LogP contribution >= 0.6 is 0 Å². The van der Waals surface area contributed by atoms with Gasteiger partial charge in [-0.05, 0) is 30.2 Å². The summed E-state index contributed by atoms with van der Waals surface area (Å²) in [6.07, 6.45) is 5.97. The predicted octanol–water partition coefficient (Wildman–Crippen LogP) is 3.20. The molecule has 1 aliphatic carbocycles. The third-order valence-corrected chi connectivity index (χ3v) is 4.99. The Morgan fingerprint density at radius 3 is 2.64 bits per heavy atom. The molecular weight excluding hydrogens is 272 g/mol. The summed E-state index contributed by atoms with van der Waals surface area (Å²) in [5.41, 5.74) is 1.32. The lowest BCUT2D eigenvalue weighted by molar-refractivity contribution is -0.133. The SMILES string of the molecule is CCC(=O)N1CC(CC2CC2)CC(NCc2ccccc2)C1. The van der Waals surface area contributed by atoms with Gasteiger partial charge in [0.2, 0.25) is 5.91 Å². The molecule has 2 atom stereocenters. The van der Waals surface area contributed by atoms with E-state index in [0.29, 0.717) is 24.3 Å². The number of nitrogens with zero attached hydrogens (tertiary/aromatic N) is 1. The van der Waals surface area contributed by atoms with Gasteiger partial charge >= 0.3 is 0 Å². The summed E-state index contributed by atoms with van der Waals surface area (Å²) in [4.78, 5) is 14.2. The van der Waals surface area contributed by atoms with Crippen molar-refractivity contribution in [2.24, 2.45) is 11.8 Å². The molecule has 1 amide bonds. The van der Waals surface area contributed by atoms with Gasteiger partial charge in [-0.1, -0.05) is 50.1 Å². The minimum Gasteiger partial charge on any atom is -0.341 e. The lowest BCUT2D eigenvalue weighted by Crippen LogP contribution is -2.51. The van der Waals surface area contributed by atoms with Crippen molar-refractivity contribution in [3.05, 3.63) is 35.9 Å². The maximum absolute atomic E-state index is 12.1. The van der Waals surface area contributed by atoms with E-state index in [9.17, 15) is 4.79 Å². The summed E-state index contributed by atoms with van der Waals surface area (Å²) in [6.45, 7) is 4.72. The number of benzene rings is 1. The van der Waals surface area contributed by atoms with Crippen molar-refractivity contribution < 1.29 is 4.79 Å². The van der Waals surface area contributed by atoms with Crippen LogP contribution in [-0.2, 0) is 11.3 Å². The fourth-order valence-electron chi connectivity index (χ4n) is 3.63. The molecule has 1 aromatic carbocycles. The van der Waals surface area contributed by atoms with E-state index in [1.807, 2.05) is 6.92 Å². The van der Waals surface area contributed by atoms with E-state index >= 15 is 0 Å². The van der Waals surface area contributed by atoms with Gasteiger partial charge in [0.05, 0.1) is 0 Å². The highest BCUT2D eigenvalue weighted by atomic mass is 16.2. The second-order valence-corrected chi connectivity index (χ2v) is 7.00. The number of rotatable bonds is 6. The van der Waals surface area contributed by atoms with Gasteiger partial charge in [0.1, 0.15) is 0 Å². The summed E-state index contributed by atoms with van der Waals surface area (Å²) in [5, 5.41) is 3.68. The minimum absolute atomic E-state index is 0.312. The van der Waals surface area contributed by atoms with Crippen molar-refractivity contribution in [3.8, 4) is 0 Å². The molecule has 0 bridgehead atoms. The average Bonchev–Trinajstić information content (AvgIpc) is 3.37. The van der Waals surface area contributed by atoms with E-state index in [2.05, 4.69) is 40.5 Å². The van der Waals surface area contributed by atoms with Crippen molar-refractivity contribution in [2.75, 3.05) is 13.1 Å². The highest BCUT2D eigenvalue weighted by Gasteiger charge is 2.33. The van der Waals surface area contributed by atoms with Gasteiger partial charge in [-0.3, -0.25) is 4.79 Å². The van der Waals surface area contributed by atoms with Gasteiger partial charge in [-0.15, -0.1) is 0 Å². The summed E-state index contributed by atoms with van der Waals surface area (Å²) in [5.74, 6) is 1.94. The number of hydrogen-bond acceptors (Lipinski definition) is 2. The molecule has 1 heterocycles. The zero-order valence-electron chi connectivity index (χ0n) is 13.6. The van der Waals surface area contributed by atoms with Crippen LogP contribution in [0.1, 0.15) is 44.6 Å². The molecule has 1 saturated heterocycles. The molecule has 1 aliphatic heterocycles. The molecule has 1 aromatic rings. The van der Waals surface area contributed by atoms with Crippen LogP contribution < -0.4 is 5.32 Å². The zero-order valence-corrected chi connectivity index (χ0v) is 13.6. The molecule has 0 radical (unpaired) electrons. The van der Waals surface area contributed by atoms with Crippen LogP contribution in [0, 0.1) is 11.8 Å².